The van der Waals surface area contributed by atoms with E-state index < -0.39 is 0 Å². The molecule has 1 fully saturated rings. The first-order valence-corrected chi connectivity index (χ1v) is 7.52. The number of hydrogen-bond donors (Lipinski definition) is 3. The van der Waals surface area contributed by atoms with E-state index >= 15 is 0 Å². The molecular weight excluding hydrogens is 280 g/mol. The molecule has 2 rings (SSSR count). The Labute approximate surface area is 129 Å². The molecule has 0 bridgehead atoms. The zero-order valence-electron chi connectivity index (χ0n) is 12.4. The molecule has 1 saturated carbocycles. The first-order chi connectivity index (χ1) is 10.7. The van der Waals surface area contributed by atoms with Crippen LogP contribution >= 0.6 is 0 Å². The molecule has 0 unspecified atom stereocenters. The monoisotopic (exact) mass is 300 g/mol. The second-order valence-corrected chi connectivity index (χ2v) is 5.37. The molecule has 0 spiro atoms. The lowest BCUT2D eigenvalue weighted by atomic mass is 9.96. The van der Waals surface area contributed by atoms with Crippen LogP contribution in [0.4, 0.5) is 10.5 Å². The van der Waals surface area contributed by atoms with Crippen LogP contribution < -0.4 is 16.0 Å². The number of nitriles is 1. The van der Waals surface area contributed by atoms with Crippen molar-refractivity contribution in [1.82, 2.24) is 10.6 Å². The minimum Gasteiger partial charge on any atom is -0.335 e. The highest BCUT2D eigenvalue weighted by atomic mass is 16.2. The molecule has 3 amide bonds. The highest BCUT2D eigenvalue weighted by Gasteiger charge is 2.16. The van der Waals surface area contributed by atoms with Crippen molar-refractivity contribution in [2.45, 2.75) is 38.1 Å². The minimum atomic E-state index is -0.360. The molecule has 0 radical (unpaired) electrons. The van der Waals surface area contributed by atoms with Gasteiger partial charge in [-0.3, -0.25) is 4.79 Å². The highest BCUT2D eigenvalue weighted by molar-refractivity contribution is 5.95. The van der Waals surface area contributed by atoms with E-state index in [2.05, 4.69) is 16.0 Å². The lowest BCUT2D eigenvalue weighted by Crippen LogP contribution is -2.45. The molecule has 0 heterocycles. The van der Waals surface area contributed by atoms with Gasteiger partial charge in [-0.25, -0.2) is 4.79 Å². The summed E-state index contributed by atoms with van der Waals surface area (Å²) < 4.78 is 0. The van der Waals surface area contributed by atoms with Crippen molar-refractivity contribution in [3.63, 3.8) is 0 Å². The Morgan fingerprint density at radius 3 is 2.64 bits per heavy atom. The number of rotatable bonds is 4. The third kappa shape index (κ3) is 4.77. The standard InChI is InChI=1S/C16H20N4O2/c17-10-12-6-4-5-9-14(12)20-15(21)11-18-16(22)19-13-7-2-1-3-8-13/h4-6,9,13H,1-3,7-8,11H2,(H,20,21)(H2,18,19,22). The van der Waals surface area contributed by atoms with Gasteiger partial charge in [-0.1, -0.05) is 31.4 Å². The number of amides is 3. The summed E-state index contributed by atoms with van der Waals surface area (Å²) in [6.45, 7) is -0.127. The second-order valence-electron chi connectivity index (χ2n) is 5.37. The maximum Gasteiger partial charge on any atom is 0.315 e. The highest BCUT2D eigenvalue weighted by Crippen LogP contribution is 2.17. The fraction of sp³-hybridized carbons (Fsp3) is 0.438. The van der Waals surface area contributed by atoms with Gasteiger partial charge in [0.2, 0.25) is 5.91 Å². The number of nitrogens with zero attached hydrogens (tertiary/aromatic N) is 1. The number of anilines is 1. The van der Waals surface area contributed by atoms with Crippen molar-refractivity contribution in [3.8, 4) is 6.07 Å². The summed E-state index contributed by atoms with van der Waals surface area (Å²) in [4.78, 5) is 23.6. The summed E-state index contributed by atoms with van der Waals surface area (Å²) in [7, 11) is 0. The van der Waals surface area contributed by atoms with E-state index in [1.54, 1.807) is 24.3 Å². The molecule has 1 aliphatic rings. The molecule has 0 aromatic heterocycles. The second kappa shape index (κ2) is 8.03. The molecule has 1 aromatic carbocycles. The fourth-order valence-corrected chi connectivity index (χ4v) is 2.53. The Morgan fingerprint density at radius 2 is 1.91 bits per heavy atom. The number of benzene rings is 1. The van der Waals surface area contributed by atoms with Gasteiger partial charge in [0.05, 0.1) is 17.8 Å². The van der Waals surface area contributed by atoms with Crippen molar-refractivity contribution in [1.29, 1.82) is 5.26 Å². The van der Waals surface area contributed by atoms with E-state index in [0.29, 0.717) is 11.3 Å². The topological polar surface area (TPSA) is 94.0 Å². The molecule has 22 heavy (non-hydrogen) atoms. The average molecular weight is 300 g/mol. The van der Waals surface area contributed by atoms with Gasteiger partial charge < -0.3 is 16.0 Å². The summed E-state index contributed by atoms with van der Waals surface area (Å²) in [6, 6.07) is 8.62. The number of para-hydroxylation sites is 1. The van der Waals surface area contributed by atoms with Gasteiger partial charge in [-0.2, -0.15) is 5.26 Å². The summed E-state index contributed by atoms with van der Waals surface area (Å²) in [5.41, 5.74) is 0.840. The predicted octanol–water partition coefficient (Wildman–Crippen LogP) is 2.13. The van der Waals surface area contributed by atoms with Gasteiger partial charge in [-0.05, 0) is 25.0 Å². The maximum absolute atomic E-state index is 11.8. The van der Waals surface area contributed by atoms with Crippen molar-refractivity contribution in [2.75, 3.05) is 11.9 Å². The maximum atomic E-state index is 11.8. The van der Waals surface area contributed by atoms with E-state index in [1.807, 2.05) is 6.07 Å². The largest absolute Gasteiger partial charge is 0.335 e. The summed E-state index contributed by atoms with van der Waals surface area (Å²) in [5.74, 6) is -0.360. The van der Waals surface area contributed by atoms with Crippen LogP contribution in [0.1, 0.15) is 37.7 Å². The Bertz CT molecular complexity index is 574. The summed E-state index contributed by atoms with van der Waals surface area (Å²) in [5, 5.41) is 17.0. The van der Waals surface area contributed by atoms with E-state index in [4.69, 9.17) is 5.26 Å². The molecule has 116 valence electrons. The SMILES string of the molecule is N#Cc1ccccc1NC(=O)CNC(=O)NC1CCCCC1. The predicted molar refractivity (Wildman–Crippen MR) is 83.2 cm³/mol. The first kappa shape index (κ1) is 15.8. The Kier molecular flexibility index (Phi) is 5.78. The van der Waals surface area contributed by atoms with Crippen LogP contribution in [0.3, 0.4) is 0 Å². The van der Waals surface area contributed by atoms with Crippen molar-refractivity contribution >= 4 is 17.6 Å². The van der Waals surface area contributed by atoms with E-state index in [-0.39, 0.29) is 24.5 Å². The first-order valence-electron chi connectivity index (χ1n) is 7.52. The molecular formula is C16H20N4O2. The van der Waals surface area contributed by atoms with Crippen LogP contribution in [-0.2, 0) is 4.79 Å². The van der Waals surface area contributed by atoms with Gasteiger partial charge in [-0.15, -0.1) is 0 Å². The summed E-state index contributed by atoms with van der Waals surface area (Å²) >= 11 is 0. The zero-order chi connectivity index (χ0) is 15.8. The Balaban J connectivity index is 1.75. The van der Waals surface area contributed by atoms with Crippen LogP contribution in [-0.4, -0.2) is 24.5 Å². The molecule has 1 aromatic rings. The number of hydrogen-bond acceptors (Lipinski definition) is 3. The van der Waals surface area contributed by atoms with Crippen molar-refractivity contribution < 1.29 is 9.59 Å². The number of nitrogens with one attached hydrogen (secondary N) is 3. The Morgan fingerprint density at radius 1 is 1.18 bits per heavy atom. The minimum absolute atomic E-state index is 0.127. The molecule has 0 aliphatic heterocycles. The van der Waals surface area contributed by atoms with Crippen LogP contribution in [0.2, 0.25) is 0 Å². The van der Waals surface area contributed by atoms with Gasteiger partial charge in [0, 0.05) is 6.04 Å². The van der Waals surface area contributed by atoms with Crippen LogP contribution in [0.5, 0.6) is 0 Å². The molecule has 6 heteroatoms. The van der Waals surface area contributed by atoms with E-state index in [9.17, 15) is 9.59 Å². The fourth-order valence-electron chi connectivity index (χ4n) is 2.53. The average Bonchev–Trinajstić information content (AvgIpc) is 2.54. The van der Waals surface area contributed by atoms with Gasteiger partial charge in [0.25, 0.3) is 0 Å². The number of urea groups is 1. The third-order valence-corrected chi connectivity index (χ3v) is 3.67. The lowest BCUT2D eigenvalue weighted by Gasteiger charge is -2.22. The number of carbonyl (C=O) groups is 2. The molecule has 3 N–H and O–H groups in total. The van der Waals surface area contributed by atoms with Crippen LogP contribution in [0.15, 0.2) is 24.3 Å². The van der Waals surface area contributed by atoms with Crippen molar-refractivity contribution in [2.24, 2.45) is 0 Å². The molecule has 0 atom stereocenters. The van der Waals surface area contributed by atoms with Crippen molar-refractivity contribution in [3.05, 3.63) is 29.8 Å². The van der Waals surface area contributed by atoms with Gasteiger partial charge >= 0.3 is 6.03 Å². The number of carbonyl (C=O) groups excluding carboxylic acids is 2. The zero-order valence-corrected chi connectivity index (χ0v) is 12.4. The quantitative estimate of drug-likeness (QED) is 0.795. The molecule has 1 aliphatic carbocycles. The third-order valence-electron chi connectivity index (χ3n) is 3.67. The van der Waals surface area contributed by atoms with E-state index in [1.165, 1.54) is 6.42 Å². The van der Waals surface area contributed by atoms with Gasteiger partial charge in [0.1, 0.15) is 6.07 Å². The van der Waals surface area contributed by atoms with Gasteiger partial charge in [0.15, 0.2) is 0 Å². The van der Waals surface area contributed by atoms with Crippen LogP contribution in [0, 0.1) is 11.3 Å². The Hall–Kier alpha value is -2.55. The normalized spacial score (nSPS) is 14.7. The summed E-state index contributed by atoms with van der Waals surface area (Å²) in [6.07, 6.45) is 5.48. The molecule has 6 nitrogen and oxygen atoms in total. The molecule has 0 saturated heterocycles. The smallest absolute Gasteiger partial charge is 0.315 e. The van der Waals surface area contributed by atoms with Crippen LogP contribution in [0.25, 0.3) is 0 Å². The lowest BCUT2D eigenvalue weighted by molar-refractivity contribution is -0.115. The van der Waals surface area contributed by atoms with E-state index in [0.717, 1.165) is 25.7 Å².